The van der Waals surface area contributed by atoms with Gasteiger partial charge in [0, 0.05) is 11.3 Å². The van der Waals surface area contributed by atoms with Gasteiger partial charge in [-0.1, -0.05) is 41.4 Å². The highest BCUT2D eigenvalue weighted by atomic mass is 35.5. The third-order valence-corrected chi connectivity index (χ3v) is 4.39. The molecular formula is C21H15ClN2O2. The zero-order chi connectivity index (χ0) is 18.1. The van der Waals surface area contributed by atoms with Crippen LogP contribution >= 0.6 is 11.6 Å². The topological polar surface area (TPSA) is 55.1 Å². The van der Waals surface area contributed by atoms with E-state index in [1.165, 1.54) is 5.56 Å². The van der Waals surface area contributed by atoms with Crippen molar-refractivity contribution in [3.63, 3.8) is 0 Å². The Morgan fingerprint density at radius 1 is 1.04 bits per heavy atom. The minimum absolute atomic E-state index is 0.266. The van der Waals surface area contributed by atoms with Crippen LogP contribution in [0.3, 0.4) is 0 Å². The van der Waals surface area contributed by atoms with Gasteiger partial charge in [-0.25, -0.2) is 4.98 Å². The van der Waals surface area contributed by atoms with Crippen LogP contribution in [0.15, 0.2) is 71.1 Å². The van der Waals surface area contributed by atoms with Gasteiger partial charge in [-0.05, 0) is 49.4 Å². The van der Waals surface area contributed by atoms with Crippen molar-refractivity contribution in [2.45, 2.75) is 6.92 Å². The molecule has 1 heterocycles. The fraction of sp³-hybridized carbons (Fsp3) is 0.0476. The Balaban J connectivity index is 1.62. The highest BCUT2D eigenvalue weighted by Gasteiger charge is 2.12. The Morgan fingerprint density at radius 2 is 1.81 bits per heavy atom. The van der Waals surface area contributed by atoms with Gasteiger partial charge < -0.3 is 9.73 Å². The van der Waals surface area contributed by atoms with Crippen molar-refractivity contribution in [2.75, 3.05) is 5.32 Å². The van der Waals surface area contributed by atoms with E-state index >= 15 is 0 Å². The molecule has 4 nitrogen and oxygen atoms in total. The van der Waals surface area contributed by atoms with Gasteiger partial charge in [-0.3, -0.25) is 4.79 Å². The summed E-state index contributed by atoms with van der Waals surface area (Å²) in [5.74, 6) is 0.284. The van der Waals surface area contributed by atoms with Gasteiger partial charge in [0.15, 0.2) is 5.58 Å². The average Bonchev–Trinajstić information content (AvgIpc) is 3.06. The van der Waals surface area contributed by atoms with Crippen LogP contribution in [0.2, 0.25) is 5.02 Å². The minimum Gasteiger partial charge on any atom is -0.436 e. The molecule has 1 aromatic heterocycles. The number of benzene rings is 3. The lowest BCUT2D eigenvalue weighted by Crippen LogP contribution is -2.12. The van der Waals surface area contributed by atoms with Crippen LogP contribution in [-0.4, -0.2) is 10.9 Å². The quantitative estimate of drug-likeness (QED) is 0.508. The molecule has 0 saturated carbocycles. The third-order valence-electron chi connectivity index (χ3n) is 4.06. The van der Waals surface area contributed by atoms with E-state index in [2.05, 4.69) is 10.3 Å². The Labute approximate surface area is 155 Å². The molecule has 3 aromatic carbocycles. The summed E-state index contributed by atoms with van der Waals surface area (Å²) in [7, 11) is 0. The molecule has 0 aliphatic heterocycles. The van der Waals surface area contributed by atoms with Crippen LogP contribution in [-0.2, 0) is 0 Å². The summed E-state index contributed by atoms with van der Waals surface area (Å²) in [4.78, 5) is 16.9. The Bertz CT molecular complexity index is 1100. The standard InChI is InChI=1S/C21H15ClN2O2/c1-13-6-8-14(9-7-13)21-24-18-12-15(10-11-19(18)26-21)23-20(25)16-4-2-3-5-17(16)22/h2-12H,1H3,(H,23,25). The second-order valence-electron chi connectivity index (χ2n) is 6.00. The van der Waals surface area contributed by atoms with Gasteiger partial charge in [-0.15, -0.1) is 0 Å². The number of nitrogens with one attached hydrogen (secondary N) is 1. The molecule has 0 aliphatic carbocycles. The highest BCUT2D eigenvalue weighted by molar-refractivity contribution is 6.34. The molecule has 26 heavy (non-hydrogen) atoms. The van der Waals surface area contributed by atoms with Crippen LogP contribution in [0.5, 0.6) is 0 Å². The fourth-order valence-corrected chi connectivity index (χ4v) is 2.89. The summed E-state index contributed by atoms with van der Waals surface area (Å²) in [6.45, 7) is 2.03. The number of halogens is 1. The molecule has 0 spiro atoms. The number of amides is 1. The number of rotatable bonds is 3. The van der Waals surface area contributed by atoms with Crippen molar-refractivity contribution in [2.24, 2.45) is 0 Å². The monoisotopic (exact) mass is 362 g/mol. The largest absolute Gasteiger partial charge is 0.436 e. The van der Waals surface area contributed by atoms with Crippen molar-refractivity contribution in [1.29, 1.82) is 0 Å². The van der Waals surface area contributed by atoms with E-state index in [1.807, 2.05) is 31.2 Å². The SMILES string of the molecule is Cc1ccc(-c2nc3cc(NC(=O)c4ccccc4Cl)ccc3o2)cc1. The second kappa shape index (κ2) is 6.65. The lowest BCUT2D eigenvalue weighted by atomic mass is 10.1. The number of nitrogens with zero attached hydrogens (tertiary/aromatic N) is 1. The summed E-state index contributed by atoms with van der Waals surface area (Å²) in [5, 5.41) is 3.25. The first kappa shape index (κ1) is 16.4. The number of aromatic nitrogens is 1. The molecule has 0 atom stereocenters. The number of hydrogen-bond acceptors (Lipinski definition) is 3. The van der Waals surface area contributed by atoms with Crippen LogP contribution < -0.4 is 5.32 Å². The lowest BCUT2D eigenvalue weighted by molar-refractivity contribution is 0.102. The molecule has 4 aromatic rings. The van der Waals surface area contributed by atoms with Crippen molar-refractivity contribution in [3.8, 4) is 11.5 Å². The van der Waals surface area contributed by atoms with Gasteiger partial charge in [0.1, 0.15) is 5.52 Å². The molecule has 0 unspecified atom stereocenters. The fourth-order valence-electron chi connectivity index (χ4n) is 2.67. The maximum atomic E-state index is 12.4. The molecule has 128 valence electrons. The van der Waals surface area contributed by atoms with E-state index in [4.69, 9.17) is 16.0 Å². The molecule has 4 rings (SSSR count). The zero-order valence-corrected chi connectivity index (χ0v) is 14.7. The summed E-state index contributed by atoms with van der Waals surface area (Å²) in [5.41, 5.74) is 4.48. The van der Waals surface area contributed by atoms with Gasteiger partial charge in [0.2, 0.25) is 5.89 Å². The van der Waals surface area contributed by atoms with E-state index in [1.54, 1.807) is 42.5 Å². The summed E-state index contributed by atoms with van der Waals surface area (Å²) in [6.07, 6.45) is 0. The van der Waals surface area contributed by atoms with Crippen LogP contribution in [0.25, 0.3) is 22.6 Å². The van der Waals surface area contributed by atoms with E-state index < -0.39 is 0 Å². The van der Waals surface area contributed by atoms with E-state index in [0.717, 1.165) is 5.56 Å². The zero-order valence-electron chi connectivity index (χ0n) is 14.0. The maximum absolute atomic E-state index is 12.4. The number of hydrogen-bond donors (Lipinski definition) is 1. The predicted octanol–water partition coefficient (Wildman–Crippen LogP) is 5.71. The van der Waals surface area contributed by atoms with Crippen LogP contribution in [0.4, 0.5) is 5.69 Å². The van der Waals surface area contributed by atoms with Crippen molar-refractivity contribution < 1.29 is 9.21 Å². The number of carbonyl (C=O) groups is 1. The van der Waals surface area contributed by atoms with Crippen LogP contribution in [0.1, 0.15) is 15.9 Å². The Morgan fingerprint density at radius 3 is 2.58 bits per heavy atom. The Kier molecular flexibility index (Phi) is 4.19. The number of aryl methyl sites for hydroxylation is 1. The molecule has 0 saturated heterocycles. The Hall–Kier alpha value is -3.11. The van der Waals surface area contributed by atoms with E-state index in [0.29, 0.717) is 33.3 Å². The third kappa shape index (κ3) is 3.19. The molecular weight excluding hydrogens is 348 g/mol. The van der Waals surface area contributed by atoms with Crippen LogP contribution in [0, 0.1) is 6.92 Å². The molecule has 0 aliphatic rings. The first-order valence-corrected chi connectivity index (χ1v) is 8.51. The maximum Gasteiger partial charge on any atom is 0.257 e. The lowest BCUT2D eigenvalue weighted by Gasteiger charge is -2.06. The second-order valence-corrected chi connectivity index (χ2v) is 6.41. The smallest absolute Gasteiger partial charge is 0.257 e. The summed E-state index contributed by atoms with van der Waals surface area (Å²) < 4.78 is 5.81. The first-order valence-electron chi connectivity index (χ1n) is 8.14. The van der Waals surface area contributed by atoms with Gasteiger partial charge in [0.05, 0.1) is 10.6 Å². The molecule has 0 fully saturated rings. The van der Waals surface area contributed by atoms with Gasteiger partial charge >= 0.3 is 0 Å². The normalized spacial score (nSPS) is 10.8. The average molecular weight is 363 g/mol. The van der Waals surface area contributed by atoms with Crippen molar-refractivity contribution >= 4 is 34.3 Å². The van der Waals surface area contributed by atoms with Crippen molar-refractivity contribution in [1.82, 2.24) is 4.98 Å². The van der Waals surface area contributed by atoms with Gasteiger partial charge in [-0.2, -0.15) is 0 Å². The minimum atomic E-state index is -0.266. The number of anilines is 1. The molecule has 5 heteroatoms. The summed E-state index contributed by atoms with van der Waals surface area (Å²) in [6, 6.07) is 20.3. The molecule has 0 bridgehead atoms. The highest BCUT2D eigenvalue weighted by Crippen LogP contribution is 2.27. The van der Waals surface area contributed by atoms with E-state index in [9.17, 15) is 4.79 Å². The molecule has 0 radical (unpaired) electrons. The first-order chi connectivity index (χ1) is 12.6. The summed E-state index contributed by atoms with van der Waals surface area (Å²) >= 11 is 6.07. The van der Waals surface area contributed by atoms with E-state index in [-0.39, 0.29) is 5.91 Å². The van der Waals surface area contributed by atoms with Crippen molar-refractivity contribution in [3.05, 3.63) is 82.9 Å². The number of carbonyl (C=O) groups excluding carboxylic acids is 1. The molecule has 1 amide bonds. The number of fused-ring (bicyclic) bond motifs is 1. The predicted molar refractivity (Wildman–Crippen MR) is 104 cm³/mol. The molecule has 1 N–H and O–H groups in total. The van der Waals surface area contributed by atoms with Gasteiger partial charge in [0.25, 0.3) is 5.91 Å². The number of oxazole rings is 1.